The van der Waals surface area contributed by atoms with Crippen LogP contribution in [0.25, 0.3) is 0 Å². The Morgan fingerprint density at radius 2 is 1.76 bits per heavy atom. The maximum absolute atomic E-state index is 14.4. The molecule has 0 saturated carbocycles. The largest absolute Gasteiger partial charge is 0.493 e. The minimum absolute atomic E-state index is 0.0825. The smallest absolute Gasteiger partial charge is 0.346 e. The summed E-state index contributed by atoms with van der Waals surface area (Å²) in [5, 5.41) is 24.0. The normalized spacial score (nSPS) is 19.5. The highest BCUT2D eigenvalue weighted by Crippen LogP contribution is 2.41. The van der Waals surface area contributed by atoms with Crippen molar-refractivity contribution in [3.05, 3.63) is 109 Å². The van der Waals surface area contributed by atoms with Gasteiger partial charge >= 0.3 is 11.9 Å². The lowest BCUT2D eigenvalue weighted by Crippen LogP contribution is -2.52. The molecule has 3 fully saturated rings. The molecule has 3 atom stereocenters. The summed E-state index contributed by atoms with van der Waals surface area (Å²) < 4.78 is 32.2. The Morgan fingerprint density at radius 1 is 1.04 bits per heavy atom. The fraction of sp³-hybridized carbons (Fsp3) is 0.361. The molecular formula is C36H37Cl2FN3O7S+. The molecule has 5 heterocycles. The Bertz CT molecular complexity index is 1860. The Hall–Kier alpha value is -3.94. The zero-order valence-corrected chi connectivity index (χ0v) is 29.7. The van der Waals surface area contributed by atoms with Crippen LogP contribution in [0.4, 0.5) is 4.39 Å². The van der Waals surface area contributed by atoms with E-state index in [1.54, 1.807) is 30.3 Å². The SMILES string of the molecule is COc1ccc([C@H](Cc2c(Cl)c[n+](O)cc2Cl)c2cc(CNC(C(=O)O[C@H]3CN4CCC3CC4)c3cccc(F)c3)sc2C(=O)O)cc1OC. The second-order valence-corrected chi connectivity index (χ2v) is 14.4. The molecule has 3 saturated heterocycles. The average molecular weight is 746 g/mol. The monoisotopic (exact) mass is 744 g/mol. The molecule has 2 aromatic carbocycles. The molecular weight excluding hydrogens is 708 g/mol. The summed E-state index contributed by atoms with van der Waals surface area (Å²) in [4.78, 5) is 29.5. The van der Waals surface area contributed by atoms with E-state index < -0.39 is 29.7 Å². The van der Waals surface area contributed by atoms with Gasteiger partial charge in [-0.1, -0.05) is 41.4 Å². The van der Waals surface area contributed by atoms with E-state index in [0.717, 1.165) is 42.0 Å². The van der Waals surface area contributed by atoms with Gasteiger partial charge in [-0.2, -0.15) is 0 Å². The minimum Gasteiger partial charge on any atom is -0.493 e. The highest BCUT2D eigenvalue weighted by molar-refractivity contribution is 7.14. The number of carbonyl (C=O) groups excluding carboxylic acids is 1. The highest BCUT2D eigenvalue weighted by Gasteiger charge is 2.38. The third-order valence-electron chi connectivity index (χ3n) is 9.43. The average Bonchev–Trinajstić information content (AvgIpc) is 3.52. The summed E-state index contributed by atoms with van der Waals surface area (Å²) in [6.45, 7) is 2.75. The van der Waals surface area contributed by atoms with Crippen LogP contribution in [0.5, 0.6) is 11.5 Å². The van der Waals surface area contributed by atoms with Gasteiger partial charge in [0, 0.05) is 34.2 Å². The van der Waals surface area contributed by atoms with E-state index in [2.05, 4.69) is 10.2 Å². The number of fused-ring (bicyclic) bond motifs is 3. The van der Waals surface area contributed by atoms with Crippen molar-refractivity contribution in [1.82, 2.24) is 10.2 Å². The van der Waals surface area contributed by atoms with Crippen LogP contribution in [0.3, 0.4) is 0 Å². The van der Waals surface area contributed by atoms with Crippen molar-refractivity contribution in [2.24, 2.45) is 5.92 Å². The number of carbonyl (C=O) groups is 2. The number of pyridine rings is 1. The second-order valence-electron chi connectivity index (χ2n) is 12.5. The lowest BCUT2D eigenvalue weighted by molar-refractivity contribution is -0.904. The lowest BCUT2D eigenvalue weighted by Gasteiger charge is -2.44. The number of hydrogen-bond donors (Lipinski definition) is 3. The number of benzene rings is 2. The van der Waals surface area contributed by atoms with Gasteiger partial charge in [-0.3, -0.25) is 15.4 Å². The van der Waals surface area contributed by atoms with Crippen molar-refractivity contribution < 1.29 is 43.2 Å². The van der Waals surface area contributed by atoms with Gasteiger partial charge < -0.3 is 19.3 Å². The van der Waals surface area contributed by atoms with E-state index in [1.807, 2.05) is 6.07 Å². The molecule has 0 spiro atoms. The second kappa shape index (κ2) is 15.5. The fourth-order valence-electron chi connectivity index (χ4n) is 6.87. The summed E-state index contributed by atoms with van der Waals surface area (Å²) in [5.41, 5.74) is 2.09. The number of carboxylic acids is 1. The number of esters is 1. The molecule has 14 heteroatoms. The van der Waals surface area contributed by atoms with Crippen molar-refractivity contribution in [2.75, 3.05) is 33.9 Å². The maximum atomic E-state index is 14.4. The van der Waals surface area contributed by atoms with Crippen LogP contribution < -0.4 is 19.5 Å². The number of nitrogens with zero attached hydrogens (tertiary/aromatic N) is 2. The number of aromatic nitrogens is 1. The molecule has 1 unspecified atom stereocenters. The van der Waals surface area contributed by atoms with Crippen molar-refractivity contribution in [3.8, 4) is 11.5 Å². The summed E-state index contributed by atoms with van der Waals surface area (Å²) in [5.74, 6) is -1.49. The van der Waals surface area contributed by atoms with Gasteiger partial charge in [-0.25, -0.2) is 14.0 Å². The molecule has 4 aromatic rings. The van der Waals surface area contributed by atoms with Crippen LogP contribution in [0.15, 0.2) is 60.9 Å². The summed E-state index contributed by atoms with van der Waals surface area (Å²) in [6, 6.07) is 11.9. The number of nitrogens with one attached hydrogen (secondary N) is 1. The third-order valence-corrected chi connectivity index (χ3v) is 11.2. The van der Waals surface area contributed by atoms with E-state index in [4.69, 9.17) is 37.4 Å². The number of thiophene rings is 1. The number of piperidine rings is 3. The van der Waals surface area contributed by atoms with Crippen LogP contribution in [0.2, 0.25) is 10.0 Å². The number of carboxylic acid groups (broad SMARTS) is 1. The number of hydrogen-bond acceptors (Lipinski definition) is 9. The zero-order chi connectivity index (χ0) is 35.5. The molecule has 7 rings (SSSR count). The molecule has 2 aromatic heterocycles. The molecule has 0 amide bonds. The quantitative estimate of drug-likeness (QED) is 0.0826. The van der Waals surface area contributed by atoms with Crippen LogP contribution >= 0.6 is 34.5 Å². The first-order chi connectivity index (χ1) is 24.0. The number of ether oxygens (including phenoxy) is 3. The molecule has 0 aliphatic carbocycles. The maximum Gasteiger partial charge on any atom is 0.346 e. The van der Waals surface area contributed by atoms with Crippen LogP contribution in [0.1, 0.15) is 61.6 Å². The van der Waals surface area contributed by atoms with Crippen LogP contribution in [-0.4, -0.2) is 67.1 Å². The van der Waals surface area contributed by atoms with Gasteiger partial charge in [-0.05, 0) is 85.3 Å². The van der Waals surface area contributed by atoms with Gasteiger partial charge in [0.15, 0.2) is 11.5 Å². The Labute approximate surface area is 302 Å². The number of aromatic carboxylic acids is 1. The van der Waals surface area contributed by atoms with Gasteiger partial charge in [0.05, 0.1) is 14.2 Å². The molecule has 50 heavy (non-hydrogen) atoms. The van der Waals surface area contributed by atoms with Crippen molar-refractivity contribution in [2.45, 2.75) is 43.9 Å². The fourth-order valence-corrected chi connectivity index (χ4v) is 8.49. The number of halogens is 3. The van der Waals surface area contributed by atoms with Crippen molar-refractivity contribution >= 4 is 46.5 Å². The topological polar surface area (TPSA) is 121 Å². The predicted molar refractivity (Wildman–Crippen MR) is 185 cm³/mol. The van der Waals surface area contributed by atoms with E-state index in [0.29, 0.717) is 45.2 Å². The molecule has 264 valence electrons. The Kier molecular flexibility index (Phi) is 11.1. The first-order valence-electron chi connectivity index (χ1n) is 16.1. The van der Waals surface area contributed by atoms with Crippen LogP contribution in [-0.2, 0) is 22.5 Å². The minimum atomic E-state index is -1.14. The molecule has 3 aliphatic rings. The molecule has 2 bridgehead atoms. The van der Waals surface area contributed by atoms with E-state index in [-0.39, 0.29) is 39.9 Å². The summed E-state index contributed by atoms with van der Waals surface area (Å²) in [7, 11) is 3.03. The lowest BCUT2D eigenvalue weighted by atomic mass is 9.85. The molecule has 10 nitrogen and oxygen atoms in total. The molecule has 0 radical (unpaired) electrons. The predicted octanol–water partition coefficient (Wildman–Crippen LogP) is 6.28. The first-order valence-corrected chi connectivity index (χ1v) is 17.7. The van der Waals surface area contributed by atoms with Gasteiger partial charge in [-0.15, -0.1) is 11.3 Å². The first kappa shape index (κ1) is 35.9. The van der Waals surface area contributed by atoms with E-state index >= 15 is 0 Å². The van der Waals surface area contributed by atoms with E-state index in [1.165, 1.54) is 38.7 Å². The van der Waals surface area contributed by atoms with Gasteiger partial charge in [0.25, 0.3) is 0 Å². The summed E-state index contributed by atoms with van der Waals surface area (Å²) in [6.07, 6.45) is 4.47. The summed E-state index contributed by atoms with van der Waals surface area (Å²) >= 11 is 14.1. The highest BCUT2D eigenvalue weighted by atomic mass is 35.5. The molecule has 3 N–H and O–H groups in total. The van der Waals surface area contributed by atoms with Gasteiger partial charge in [0.1, 0.15) is 32.9 Å². The zero-order valence-electron chi connectivity index (χ0n) is 27.4. The standard InChI is InChI=1S/C36H36Cl2FN3O7S/c1-47-30-7-6-21(13-31(30)48-2)25(15-27-28(37)17-42(46)18-29(27)38)26-14-24(50-34(26)35(43)44)16-40-33(22-4-3-5-23(39)12-22)36(45)49-32-19-41-10-8-20(32)9-11-41/h3-7,12-14,17-18,20,25,32-33,40H,8-11,15-16,19H2,1-2H3,(H-,43,44,46)/p+1/t25-,32-,33?/m0/s1. The number of methoxy groups -OCH3 is 2. The third kappa shape index (κ3) is 7.84. The molecule has 3 aliphatic heterocycles. The Morgan fingerprint density at radius 3 is 2.38 bits per heavy atom. The van der Waals surface area contributed by atoms with E-state index in [9.17, 15) is 24.3 Å². The van der Waals surface area contributed by atoms with Gasteiger partial charge in [0.2, 0.25) is 12.4 Å². The Balaban J connectivity index is 1.34. The number of rotatable bonds is 13. The van der Waals surface area contributed by atoms with Crippen molar-refractivity contribution in [3.63, 3.8) is 0 Å². The van der Waals surface area contributed by atoms with Crippen LogP contribution in [0, 0.1) is 11.7 Å². The van der Waals surface area contributed by atoms with Crippen molar-refractivity contribution in [1.29, 1.82) is 0 Å².